The Morgan fingerprint density at radius 1 is 1.11 bits per heavy atom. The highest BCUT2D eigenvalue weighted by Crippen LogP contribution is 2.38. The van der Waals surface area contributed by atoms with Crippen LogP contribution in [0.15, 0.2) is 54.6 Å². The van der Waals surface area contributed by atoms with Gasteiger partial charge in [-0.2, -0.15) is 5.26 Å². The van der Waals surface area contributed by atoms with Crippen molar-refractivity contribution in [2.75, 3.05) is 6.61 Å². The summed E-state index contributed by atoms with van der Waals surface area (Å²) in [5, 5.41) is 12.4. The summed E-state index contributed by atoms with van der Waals surface area (Å²) >= 11 is 6.45. The highest BCUT2D eigenvalue weighted by atomic mass is 35.5. The van der Waals surface area contributed by atoms with Crippen LogP contribution in [-0.2, 0) is 0 Å². The normalized spacial score (nSPS) is 11.5. The molecule has 28 heavy (non-hydrogen) atoms. The molecule has 4 heteroatoms. The molecule has 3 aromatic rings. The van der Waals surface area contributed by atoms with E-state index in [1.165, 1.54) is 0 Å². The minimum absolute atomic E-state index is 0.0228. The van der Waals surface area contributed by atoms with Gasteiger partial charge < -0.3 is 9.47 Å². The van der Waals surface area contributed by atoms with Crippen molar-refractivity contribution >= 4 is 34.0 Å². The Bertz CT molecular complexity index is 1060. The number of halogens is 1. The Hall–Kier alpha value is -2.96. The molecule has 0 amide bonds. The SMILES string of the molecule is CCOc1cc(/C=C(/C#N)c2ccc3ccccc3c2)cc(Cl)c1OC(C)C. The van der Waals surface area contributed by atoms with Crippen molar-refractivity contribution in [1.82, 2.24) is 0 Å². The monoisotopic (exact) mass is 391 g/mol. The lowest BCUT2D eigenvalue weighted by atomic mass is 10.00. The van der Waals surface area contributed by atoms with Crippen LogP contribution in [0.4, 0.5) is 0 Å². The molecular weight excluding hydrogens is 370 g/mol. The number of fused-ring (bicyclic) bond motifs is 1. The Morgan fingerprint density at radius 2 is 1.86 bits per heavy atom. The molecule has 0 N–H and O–H groups in total. The van der Waals surface area contributed by atoms with E-state index in [1.54, 1.807) is 6.07 Å². The minimum atomic E-state index is -0.0228. The van der Waals surface area contributed by atoms with E-state index in [0.717, 1.165) is 21.9 Å². The largest absolute Gasteiger partial charge is 0.490 e. The fourth-order valence-electron chi connectivity index (χ4n) is 2.99. The number of nitrogens with zero attached hydrogens (tertiary/aromatic N) is 1. The zero-order valence-corrected chi connectivity index (χ0v) is 17.0. The van der Waals surface area contributed by atoms with Gasteiger partial charge in [-0.3, -0.25) is 0 Å². The number of ether oxygens (including phenoxy) is 2. The van der Waals surface area contributed by atoms with Gasteiger partial charge in [-0.15, -0.1) is 0 Å². The summed E-state index contributed by atoms with van der Waals surface area (Å²) in [5.74, 6) is 1.10. The molecule has 0 heterocycles. The number of nitriles is 1. The molecule has 3 aromatic carbocycles. The molecule has 3 rings (SSSR count). The molecular formula is C24H22ClNO2. The maximum Gasteiger partial charge on any atom is 0.180 e. The van der Waals surface area contributed by atoms with Gasteiger partial charge >= 0.3 is 0 Å². The van der Waals surface area contributed by atoms with Crippen LogP contribution >= 0.6 is 11.6 Å². The zero-order valence-electron chi connectivity index (χ0n) is 16.2. The molecule has 0 atom stereocenters. The summed E-state index contributed by atoms with van der Waals surface area (Å²) in [6.45, 7) is 6.28. The number of benzene rings is 3. The number of hydrogen-bond acceptors (Lipinski definition) is 3. The number of rotatable bonds is 6. The molecule has 0 aromatic heterocycles. The van der Waals surface area contributed by atoms with E-state index in [4.69, 9.17) is 21.1 Å². The van der Waals surface area contributed by atoms with Crippen molar-refractivity contribution in [2.45, 2.75) is 26.9 Å². The first-order valence-corrected chi connectivity index (χ1v) is 9.63. The third-order valence-corrected chi connectivity index (χ3v) is 4.46. The van der Waals surface area contributed by atoms with Gasteiger partial charge in [0.15, 0.2) is 11.5 Å². The van der Waals surface area contributed by atoms with Crippen molar-refractivity contribution < 1.29 is 9.47 Å². The summed E-state index contributed by atoms with van der Waals surface area (Å²) in [5.41, 5.74) is 2.20. The lowest BCUT2D eigenvalue weighted by Crippen LogP contribution is -2.08. The summed E-state index contributed by atoms with van der Waals surface area (Å²) < 4.78 is 11.5. The molecule has 0 aliphatic heterocycles. The standard InChI is InChI=1S/C24H22ClNO2/c1-4-27-23-13-17(12-22(25)24(23)28-16(2)3)11-21(15-26)20-10-9-18-7-5-6-8-19(18)14-20/h5-14,16H,4H2,1-3H3/b21-11-. The molecule has 0 bridgehead atoms. The van der Waals surface area contributed by atoms with E-state index < -0.39 is 0 Å². The Kier molecular flexibility index (Phi) is 6.23. The lowest BCUT2D eigenvalue weighted by Gasteiger charge is -2.16. The Balaban J connectivity index is 2.05. The molecule has 0 unspecified atom stereocenters. The first-order valence-electron chi connectivity index (χ1n) is 9.25. The van der Waals surface area contributed by atoms with Crippen LogP contribution < -0.4 is 9.47 Å². The van der Waals surface area contributed by atoms with Gasteiger partial charge in [-0.05, 0) is 66.9 Å². The molecule has 0 fully saturated rings. The van der Waals surface area contributed by atoms with E-state index in [9.17, 15) is 5.26 Å². The van der Waals surface area contributed by atoms with E-state index in [-0.39, 0.29) is 6.10 Å². The highest BCUT2D eigenvalue weighted by molar-refractivity contribution is 6.32. The van der Waals surface area contributed by atoms with Crippen LogP contribution in [0.1, 0.15) is 31.9 Å². The summed E-state index contributed by atoms with van der Waals surface area (Å²) in [7, 11) is 0. The van der Waals surface area contributed by atoms with Gasteiger partial charge in [-0.25, -0.2) is 0 Å². The van der Waals surface area contributed by atoms with Crippen LogP contribution in [-0.4, -0.2) is 12.7 Å². The molecule has 3 nitrogen and oxygen atoms in total. The molecule has 0 aliphatic rings. The van der Waals surface area contributed by atoms with Crippen LogP contribution in [0, 0.1) is 11.3 Å². The first kappa shape index (κ1) is 19.8. The van der Waals surface area contributed by atoms with Crippen molar-refractivity contribution in [2.24, 2.45) is 0 Å². The van der Waals surface area contributed by atoms with Crippen molar-refractivity contribution in [1.29, 1.82) is 5.26 Å². The molecule has 142 valence electrons. The second-order valence-corrected chi connectivity index (χ2v) is 7.07. The third-order valence-electron chi connectivity index (χ3n) is 4.18. The summed E-state index contributed by atoms with van der Waals surface area (Å²) in [4.78, 5) is 0. The predicted octanol–water partition coefficient (Wildman–Crippen LogP) is 6.74. The van der Waals surface area contributed by atoms with Crippen LogP contribution in [0.5, 0.6) is 11.5 Å². The highest BCUT2D eigenvalue weighted by Gasteiger charge is 2.14. The second kappa shape index (κ2) is 8.82. The topological polar surface area (TPSA) is 42.2 Å². The van der Waals surface area contributed by atoms with Crippen LogP contribution in [0.2, 0.25) is 5.02 Å². The molecule has 0 saturated heterocycles. The van der Waals surface area contributed by atoms with Gasteiger partial charge in [0.25, 0.3) is 0 Å². The first-order chi connectivity index (χ1) is 13.5. The summed E-state index contributed by atoms with van der Waals surface area (Å²) in [6, 6.07) is 20.0. The average molecular weight is 392 g/mol. The Labute approximate surface area is 170 Å². The zero-order chi connectivity index (χ0) is 20.1. The van der Waals surface area contributed by atoms with E-state index in [1.807, 2.05) is 69.3 Å². The molecule has 0 spiro atoms. The maximum atomic E-state index is 9.72. The minimum Gasteiger partial charge on any atom is -0.490 e. The van der Waals surface area contributed by atoms with Crippen molar-refractivity contribution in [3.05, 3.63) is 70.7 Å². The van der Waals surface area contributed by atoms with Crippen molar-refractivity contribution in [3.8, 4) is 17.6 Å². The van der Waals surface area contributed by atoms with Gasteiger partial charge in [0.05, 0.1) is 29.4 Å². The second-order valence-electron chi connectivity index (χ2n) is 6.66. The van der Waals surface area contributed by atoms with Gasteiger partial charge in [-0.1, -0.05) is 48.0 Å². The molecule has 0 aliphatic carbocycles. The molecule has 0 saturated carbocycles. The van der Waals surface area contributed by atoms with Gasteiger partial charge in [0.1, 0.15) is 0 Å². The van der Waals surface area contributed by atoms with Crippen LogP contribution in [0.3, 0.4) is 0 Å². The Morgan fingerprint density at radius 3 is 2.54 bits per heavy atom. The molecule has 0 radical (unpaired) electrons. The van der Waals surface area contributed by atoms with Crippen molar-refractivity contribution in [3.63, 3.8) is 0 Å². The van der Waals surface area contributed by atoms with E-state index in [2.05, 4.69) is 12.1 Å². The maximum absolute atomic E-state index is 9.72. The fourth-order valence-corrected chi connectivity index (χ4v) is 3.25. The van der Waals surface area contributed by atoms with E-state index in [0.29, 0.717) is 28.7 Å². The van der Waals surface area contributed by atoms with Gasteiger partial charge in [0, 0.05) is 0 Å². The smallest absolute Gasteiger partial charge is 0.180 e. The summed E-state index contributed by atoms with van der Waals surface area (Å²) in [6.07, 6.45) is 1.79. The van der Waals surface area contributed by atoms with E-state index >= 15 is 0 Å². The number of allylic oxidation sites excluding steroid dienone is 1. The fraction of sp³-hybridized carbons (Fsp3) is 0.208. The quantitative estimate of drug-likeness (QED) is 0.345. The van der Waals surface area contributed by atoms with Gasteiger partial charge in [0.2, 0.25) is 0 Å². The number of hydrogen-bond donors (Lipinski definition) is 0. The van der Waals surface area contributed by atoms with Crippen LogP contribution in [0.25, 0.3) is 22.4 Å². The third kappa shape index (κ3) is 4.47. The average Bonchev–Trinajstić information content (AvgIpc) is 2.68. The predicted molar refractivity (Wildman–Crippen MR) is 116 cm³/mol. The lowest BCUT2D eigenvalue weighted by molar-refractivity contribution is 0.224.